The van der Waals surface area contributed by atoms with Gasteiger partial charge in [-0.15, -0.1) is 0 Å². The fraction of sp³-hybridized carbons (Fsp3) is 0.500. The molecule has 1 rings (SSSR count). The maximum atomic E-state index is 11.6. The molecule has 0 aliphatic carbocycles. The Labute approximate surface area is 103 Å². The topological polar surface area (TPSA) is 38.3 Å². The number of methoxy groups -OCH3 is 1. The van der Waals surface area contributed by atoms with E-state index in [4.69, 9.17) is 4.74 Å². The Morgan fingerprint density at radius 2 is 2.12 bits per heavy atom. The first-order valence-corrected chi connectivity index (χ1v) is 5.91. The zero-order chi connectivity index (χ0) is 12.8. The quantitative estimate of drug-likeness (QED) is 0.796. The number of aryl methyl sites for hydroxylation is 1. The van der Waals surface area contributed by atoms with E-state index < -0.39 is 0 Å². The average Bonchev–Trinajstić information content (AvgIpc) is 2.28. The van der Waals surface area contributed by atoms with Gasteiger partial charge in [0, 0.05) is 6.54 Å². The number of benzene rings is 1. The Bertz CT molecular complexity index is 374. The lowest BCUT2D eigenvalue weighted by molar-refractivity contribution is -0.144. The molecule has 0 radical (unpaired) electrons. The van der Waals surface area contributed by atoms with Gasteiger partial charge in [0.15, 0.2) is 0 Å². The maximum Gasteiger partial charge on any atom is 0.323 e. The van der Waals surface area contributed by atoms with Crippen LogP contribution in [0.3, 0.4) is 0 Å². The van der Waals surface area contributed by atoms with Gasteiger partial charge in [-0.05, 0) is 18.4 Å². The number of carbonyl (C=O) groups excluding carboxylic acids is 1. The van der Waals surface area contributed by atoms with Gasteiger partial charge in [-0.2, -0.15) is 0 Å². The molecule has 1 aromatic carbocycles. The van der Waals surface area contributed by atoms with Gasteiger partial charge in [0.2, 0.25) is 0 Å². The molecule has 1 N–H and O–H groups in total. The largest absolute Gasteiger partial charge is 0.468 e. The van der Waals surface area contributed by atoms with Crippen LogP contribution in [-0.2, 0) is 16.1 Å². The van der Waals surface area contributed by atoms with Crippen LogP contribution < -0.4 is 5.32 Å². The smallest absolute Gasteiger partial charge is 0.323 e. The summed E-state index contributed by atoms with van der Waals surface area (Å²) in [5.74, 6) is 0.0138. The minimum atomic E-state index is -0.250. The predicted molar refractivity (Wildman–Crippen MR) is 68.7 cm³/mol. The van der Waals surface area contributed by atoms with Crippen molar-refractivity contribution in [1.29, 1.82) is 0 Å². The van der Waals surface area contributed by atoms with Crippen molar-refractivity contribution < 1.29 is 9.53 Å². The summed E-state index contributed by atoms with van der Waals surface area (Å²) in [7, 11) is 1.42. The van der Waals surface area contributed by atoms with Gasteiger partial charge in [0.25, 0.3) is 0 Å². The number of nitrogens with one attached hydrogen (secondary N) is 1. The first kappa shape index (κ1) is 13.7. The predicted octanol–water partition coefficient (Wildman–Crippen LogP) is 2.28. The van der Waals surface area contributed by atoms with Crippen LogP contribution in [0.25, 0.3) is 0 Å². The van der Waals surface area contributed by atoms with Crippen molar-refractivity contribution in [3.8, 4) is 0 Å². The van der Waals surface area contributed by atoms with E-state index in [0.717, 1.165) is 0 Å². The Morgan fingerprint density at radius 3 is 2.65 bits per heavy atom. The number of rotatable bonds is 5. The summed E-state index contributed by atoms with van der Waals surface area (Å²) >= 11 is 0. The van der Waals surface area contributed by atoms with Crippen molar-refractivity contribution in [1.82, 2.24) is 5.32 Å². The molecular formula is C14H21NO2. The Morgan fingerprint density at radius 1 is 1.41 bits per heavy atom. The molecule has 3 nitrogen and oxygen atoms in total. The molecule has 0 aromatic heterocycles. The van der Waals surface area contributed by atoms with E-state index >= 15 is 0 Å². The molecule has 0 bridgehead atoms. The van der Waals surface area contributed by atoms with E-state index in [0.29, 0.717) is 6.54 Å². The summed E-state index contributed by atoms with van der Waals surface area (Å²) in [5, 5.41) is 3.24. The van der Waals surface area contributed by atoms with Crippen LogP contribution in [0.4, 0.5) is 0 Å². The fourth-order valence-corrected chi connectivity index (χ4v) is 1.77. The highest BCUT2D eigenvalue weighted by atomic mass is 16.5. The molecule has 3 heteroatoms. The van der Waals surface area contributed by atoms with Gasteiger partial charge in [-0.1, -0.05) is 43.7 Å². The first-order valence-electron chi connectivity index (χ1n) is 5.91. The molecule has 0 spiro atoms. The van der Waals surface area contributed by atoms with Crippen molar-refractivity contribution in [2.24, 2.45) is 5.92 Å². The van der Waals surface area contributed by atoms with Gasteiger partial charge in [-0.3, -0.25) is 4.79 Å². The lowest BCUT2D eigenvalue weighted by atomic mass is 10.0. The van der Waals surface area contributed by atoms with Crippen molar-refractivity contribution >= 4 is 5.97 Å². The number of esters is 1. The van der Waals surface area contributed by atoms with E-state index in [1.807, 2.05) is 19.9 Å². The molecule has 17 heavy (non-hydrogen) atoms. The molecule has 0 aliphatic heterocycles. The van der Waals surface area contributed by atoms with Gasteiger partial charge >= 0.3 is 5.97 Å². The van der Waals surface area contributed by atoms with Crippen molar-refractivity contribution in [2.45, 2.75) is 33.4 Å². The first-order chi connectivity index (χ1) is 8.04. The number of carbonyl (C=O) groups is 1. The number of hydrogen-bond donors (Lipinski definition) is 1. The molecule has 1 aromatic rings. The second-order valence-corrected chi connectivity index (χ2v) is 4.61. The van der Waals surface area contributed by atoms with Gasteiger partial charge in [0.1, 0.15) is 6.04 Å². The minimum Gasteiger partial charge on any atom is -0.468 e. The highest BCUT2D eigenvalue weighted by Crippen LogP contribution is 2.07. The summed E-state index contributed by atoms with van der Waals surface area (Å²) in [6.07, 6.45) is 0. The van der Waals surface area contributed by atoms with Crippen LogP contribution >= 0.6 is 0 Å². The summed E-state index contributed by atoms with van der Waals surface area (Å²) in [6, 6.07) is 8.00. The van der Waals surface area contributed by atoms with Crippen molar-refractivity contribution in [3.05, 3.63) is 35.4 Å². The van der Waals surface area contributed by atoms with Gasteiger partial charge < -0.3 is 10.1 Å². The minimum absolute atomic E-state index is 0.201. The molecule has 0 unspecified atom stereocenters. The molecule has 0 saturated heterocycles. The Balaban J connectivity index is 2.61. The average molecular weight is 235 g/mol. The van der Waals surface area contributed by atoms with Crippen molar-refractivity contribution in [2.75, 3.05) is 7.11 Å². The molecular weight excluding hydrogens is 214 g/mol. The van der Waals surface area contributed by atoms with E-state index in [1.54, 1.807) is 0 Å². The van der Waals surface area contributed by atoms with Crippen LogP contribution in [-0.4, -0.2) is 19.1 Å². The maximum absolute atomic E-state index is 11.6. The third-order valence-electron chi connectivity index (χ3n) is 2.73. The van der Waals surface area contributed by atoms with Crippen LogP contribution in [0, 0.1) is 12.8 Å². The third kappa shape index (κ3) is 4.19. The summed E-state index contributed by atoms with van der Waals surface area (Å²) in [6.45, 7) is 6.75. The van der Waals surface area contributed by atoms with E-state index in [1.165, 1.54) is 18.2 Å². The van der Waals surface area contributed by atoms with Crippen LogP contribution in [0.2, 0.25) is 0 Å². The molecule has 0 saturated carbocycles. The van der Waals surface area contributed by atoms with E-state index in [2.05, 4.69) is 30.4 Å². The summed E-state index contributed by atoms with van der Waals surface area (Å²) in [4.78, 5) is 11.6. The second kappa shape index (κ2) is 6.40. The van der Waals surface area contributed by atoms with Crippen LogP contribution in [0.1, 0.15) is 25.0 Å². The van der Waals surface area contributed by atoms with E-state index in [-0.39, 0.29) is 17.9 Å². The molecule has 94 valence electrons. The lowest BCUT2D eigenvalue weighted by Crippen LogP contribution is -2.41. The van der Waals surface area contributed by atoms with Gasteiger partial charge in [0.05, 0.1) is 7.11 Å². The van der Waals surface area contributed by atoms with Crippen molar-refractivity contribution in [3.63, 3.8) is 0 Å². The van der Waals surface area contributed by atoms with Crippen LogP contribution in [0.5, 0.6) is 0 Å². The van der Waals surface area contributed by atoms with Crippen LogP contribution in [0.15, 0.2) is 24.3 Å². The second-order valence-electron chi connectivity index (χ2n) is 4.61. The normalized spacial score (nSPS) is 12.5. The molecule has 0 heterocycles. The third-order valence-corrected chi connectivity index (χ3v) is 2.73. The highest BCUT2D eigenvalue weighted by Gasteiger charge is 2.21. The molecule has 0 aliphatic rings. The lowest BCUT2D eigenvalue weighted by Gasteiger charge is -2.19. The molecule has 1 atom stereocenters. The molecule has 0 amide bonds. The van der Waals surface area contributed by atoms with Gasteiger partial charge in [-0.25, -0.2) is 0 Å². The molecule has 0 fully saturated rings. The zero-order valence-corrected chi connectivity index (χ0v) is 11.0. The SMILES string of the molecule is COC(=O)[C@@H](NCc1cccc(C)c1)C(C)C. The standard InChI is InChI=1S/C14H21NO2/c1-10(2)13(14(16)17-4)15-9-12-7-5-6-11(3)8-12/h5-8,10,13,15H,9H2,1-4H3/t13-/m0/s1. The Kier molecular flexibility index (Phi) is 5.16. The summed E-state index contributed by atoms with van der Waals surface area (Å²) < 4.78 is 4.78. The zero-order valence-electron chi connectivity index (χ0n) is 11.0. The number of hydrogen-bond acceptors (Lipinski definition) is 3. The Hall–Kier alpha value is -1.35. The summed E-state index contributed by atoms with van der Waals surface area (Å²) in [5.41, 5.74) is 2.41. The highest BCUT2D eigenvalue weighted by molar-refractivity contribution is 5.75. The fourth-order valence-electron chi connectivity index (χ4n) is 1.77. The van der Waals surface area contributed by atoms with E-state index in [9.17, 15) is 4.79 Å². The number of ether oxygens (including phenoxy) is 1. The monoisotopic (exact) mass is 235 g/mol.